The van der Waals surface area contributed by atoms with Crippen molar-refractivity contribution >= 4 is 46.6 Å². The smallest absolute Gasteiger partial charge is 0.337 e. The van der Waals surface area contributed by atoms with E-state index in [0.717, 1.165) is 12.0 Å². The molecule has 198 valence electrons. The van der Waals surface area contributed by atoms with Crippen LogP contribution < -0.4 is 10.6 Å². The molecule has 39 heavy (non-hydrogen) atoms. The zero-order valence-corrected chi connectivity index (χ0v) is 23.2. The Morgan fingerprint density at radius 3 is 2.36 bits per heavy atom. The van der Waals surface area contributed by atoms with E-state index in [0.29, 0.717) is 27.0 Å². The lowest BCUT2D eigenvalue weighted by molar-refractivity contribution is -0.138. The number of carbonyl (C=O) groups is 2. The largest absolute Gasteiger partial charge is 0.463 e. The van der Waals surface area contributed by atoms with Crippen molar-refractivity contribution in [2.45, 2.75) is 26.2 Å². The average molecular weight is 558 g/mol. The summed E-state index contributed by atoms with van der Waals surface area (Å²) in [5.74, 6) is -1.49. The summed E-state index contributed by atoms with van der Waals surface area (Å²) in [7, 11) is 0. The maximum atomic E-state index is 13.4. The Balaban J connectivity index is 1.74. The van der Waals surface area contributed by atoms with Crippen LogP contribution >= 0.6 is 23.4 Å². The van der Waals surface area contributed by atoms with Gasteiger partial charge < -0.3 is 15.4 Å². The van der Waals surface area contributed by atoms with E-state index in [9.17, 15) is 14.9 Å². The van der Waals surface area contributed by atoms with E-state index in [4.69, 9.17) is 16.3 Å². The van der Waals surface area contributed by atoms with E-state index in [1.54, 1.807) is 25.1 Å². The number of thioether (sulfide) groups is 1. The number of amides is 1. The van der Waals surface area contributed by atoms with Gasteiger partial charge in [-0.1, -0.05) is 91.0 Å². The second-order valence-electron chi connectivity index (χ2n) is 8.70. The molecule has 0 bridgehead atoms. The molecular weight excluding hydrogens is 530 g/mol. The molecule has 3 aromatic carbocycles. The fraction of sp³-hybridized carbons (Fsp3) is 0.194. The molecule has 0 saturated heterocycles. The van der Waals surface area contributed by atoms with E-state index < -0.39 is 11.9 Å². The highest BCUT2D eigenvalue weighted by Crippen LogP contribution is 2.45. The third kappa shape index (κ3) is 6.54. The van der Waals surface area contributed by atoms with Gasteiger partial charge in [-0.25, -0.2) is 4.79 Å². The molecule has 1 heterocycles. The molecule has 0 radical (unpaired) electrons. The number of nitrogens with zero attached hydrogens (tertiary/aromatic N) is 1. The topological polar surface area (TPSA) is 91.2 Å². The van der Waals surface area contributed by atoms with Crippen molar-refractivity contribution < 1.29 is 14.3 Å². The molecule has 1 amide bonds. The second-order valence-corrected chi connectivity index (χ2v) is 10.1. The number of hydrogen-bond acceptors (Lipinski definition) is 6. The molecule has 8 heteroatoms. The van der Waals surface area contributed by atoms with Crippen LogP contribution in [0.1, 0.15) is 36.5 Å². The van der Waals surface area contributed by atoms with Crippen molar-refractivity contribution in [2.75, 3.05) is 17.7 Å². The molecule has 2 N–H and O–H groups in total. The first-order chi connectivity index (χ1) is 19.0. The molecule has 0 aliphatic carbocycles. The lowest BCUT2D eigenvalue weighted by Crippen LogP contribution is -2.30. The van der Waals surface area contributed by atoms with Crippen LogP contribution in [0.5, 0.6) is 0 Å². The van der Waals surface area contributed by atoms with Gasteiger partial charge in [-0.15, -0.1) is 0 Å². The van der Waals surface area contributed by atoms with Gasteiger partial charge in [0.05, 0.1) is 46.2 Å². The minimum atomic E-state index is -0.786. The van der Waals surface area contributed by atoms with Crippen LogP contribution in [0.3, 0.4) is 0 Å². The summed E-state index contributed by atoms with van der Waals surface area (Å²) in [6, 6.07) is 26.5. The van der Waals surface area contributed by atoms with Crippen molar-refractivity contribution in [1.82, 2.24) is 5.32 Å². The van der Waals surface area contributed by atoms with Gasteiger partial charge in [0.15, 0.2) is 0 Å². The number of allylic oxidation sites excluding steroid dienone is 1. The molecule has 0 unspecified atom stereocenters. The number of rotatable bonds is 9. The van der Waals surface area contributed by atoms with Gasteiger partial charge in [0.2, 0.25) is 5.91 Å². The zero-order chi connectivity index (χ0) is 27.8. The Morgan fingerprint density at radius 2 is 1.72 bits per heavy atom. The van der Waals surface area contributed by atoms with Crippen LogP contribution in [0.25, 0.3) is 5.70 Å². The number of esters is 1. The number of ether oxygens (including phenoxy) is 1. The summed E-state index contributed by atoms with van der Waals surface area (Å²) < 4.78 is 5.45. The van der Waals surface area contributed by atoms with Gasteiger partial charge in [-0.3, -0.25) is 4.79 Å². The van der Waals surface area contributed by atoms with E-state index >= 15 is 0 Å². The minimum Gasteiger partial charge on any atom is -0.463 e. The number of nitrogens with one attached hydrogen (secondary N) is 2. The highest BCUT2D eigenvalue weighted by Gasteiger charge is 2.38. The van der Waals surface area contributed by atoms with Crippen molar-refractivity contribution in [1.29, 1.82) is 5.26 Å². The van der Waals surface area contributed by atoms with Gasteiger partial charge in [0.25, 0.3) is 0 Å². The number of hydrogen-bond donors (Lipinski definition) is 2. The first kappa shape index (κ1) is 28.0. The minimum absolute atomic E-state index is 0.0507. The van der Waals surface area contributed by atoms with Gasteiger partial charge >= 0.3 is 5.97 Å². The molecule has 6 nitrogen and oxygen atoms in total. The third-order valence-electron chi connectivity index (χ3n) is 6.22. The number of aryl methyl sites for hydroxylation is 1. The molecule has 0 fully saturated rings. The third-order valence-corrected chi connectivity index (χ3v) is 7.58. The van der Waals surface area contributed by atoms with Crippen LogP contribution in [0.15, 0.2) is 95.0 Å². The highest BCUT2D eigenvalue weighted by atomic mass is 35.5. The predicted octanol–water partition coefficient (Wildman–Crippen LogP) is 6.67. The Kier molecular flexibility index (Phi) is 9.48. The monoisotopic (exact) mass is 557 g/mol. The molecule has 0 saturated carbocycles. The number of benzene rings is 3. The lowest BCUT2D eigenvalue weighted by atomic mass is 9.81. The highest BCUT2D eigenvalue weighted by molar-refractivity contribution is 8.03. The Morgan fingerprint density at radius 1 is 1.03 bits per heavy atom. The quantitative estimate of drug-likeness (QED) is 0.285. The molecule has 1 aliphatic heterocycles. The first-order valence-electron chi connectivity index (χ1n) is 12.6. The standard InChI is InChI=1S/C31H28ClN3O3S/c1-3-20-14-16-22(17-15-20)34-26(36)19-39-30-24(18-33)27(23-12-8-9-13-25(23)32)28(31(37)38-4-2)29(35-30)21-10-6-5-7-11-21/h5-17,27,35H,3-4,19H2,1-2H3,(H,34,36)/t27-/m1/s1. The van der Waals surface area contributed by atoms with Crippen molar-refractivity contribution in [3.05, 3.63) is 117 Å². The average Bonchev–Trinajstić information content (AvgIpc) is 2.96. The molecular formula is C31H28ClN3O3S. The van der Waals surface area contributed by atoms with Crippen LogP contribution in [0, 0.1) is 11.3 Å². The number of nitriles is 1. The van der Waals surface area contributed by atoms with E-state index in [1.807, 2.05) is 60.7 Å². The van der Waals surface area contributed by atoms with Crippen molar-refractivity contribution in [3.63, 3.8) is 0 Å². The molecule has 1 atom stereocenters. The molecule has 4 rings (SSSR count). The van der Waals surface area contributed by atoms with E-state index in [1.165, 1.54) is 17.3 Å². The molecule has 1 aliphatic rings. The number of anilines is 1. The van der Waals surface area contributed by atoms with Gasteiger partial charge in [-0.05, 0) is 48.2 Å². The lowest BCUT2D eigenvalue weighted by Gasteiger charge is -2.31. The van der Waals surface area contributed by atoms with E-state index in [2.05, 4.69) is 23.6 Å². The Labute approximate surface area is 237 Å². The number of carbonyl (C=O) groups excluding carboxylic acids is 2. The summed E-state index contributed by atoms with van der Waals surface area (Å²) in [5, 5.41) is 17.4. The SMILES string of the molecule is CCOC(=O)C1=C(c2ccccc2)NC(SCC(=O)Nc2ccc(CC)cc2)=C(C#N)[C@H]1c1ccccc1Cl. The van der Waals surface area contributed by atoms with Crippen LogP contribution in [0.2, 0.25) is 5.02 Å². The number of halogens is 1. The molecule has 0 spiro atoms. The maximum absolute atomic E-state index is 13.4. The summed E-state index contributed by atoms with van der Waals surface area (Å²) >= 11 is 7.81. The van der Waals surface area contributed by atoms with Gasteiger partial charge in [0, 0.05) is 10.7 Å². The fourth-order valence-electron chi connectivity index (χ4n) is 4.34. The van der Waals surface area contributed by atoms with E-state index in [-0.39, 0.29) is 29.4 Å². The number of dihydropyridines is 1. The fourth-order valence-corrected chi connectivity index (χ4v) is 5.42. The maximum Gasteiger partial charge on any atom is 0.337 e. The van der Waals surface area contributed by atoms with Crippen LogP contribution in [-0.4, -0.2) is 24.2 Å². The summed E-state index contributed by atoms with van der Waals surface area (Å²) in [6.45, 7) is 3.98. The van der Waals surface area contributed by atoms with Crippen LogP contribution in [-0.2, 0) is 20.7 Å². The normalized spacial score (nSPS) is 14.9. The molecule has 3 aromatic rings. The Hall–Kier alpha value is -3.99. The predicted molar refractivity (Wildman–Crippen MR) is 157 cm³/mol. The molecule has 0 aromatic heterocycles. The van der Waals surface area contributed by atoms with Gasteiger partial charge in [-0.2, -0.15) is 5.26 Å². The zero-order valence-electron chi connectivity index (χ0n) is 21.7. The Bertz CT molecular complexity index is 1460. The van der Waals surface area contributed by atoms with Crippen molar-refractivity contribution in [2.24, 2.45) is 0 Å². The first-order valence-corrected chi connectivity index (χ1v) is 14.0. The summed E-state index contributed by atoms with van der Waals surface area (Å²) in [6.07, 6.45) is 0.915. The van der Waals surface area contributed by atoms with Gasteiger partial charge in [0.1, 0.15) is 0 Å². The second kappa shape index (κ2) is 13.2. The summed E-state index contributed by atoms with van der Waals surface area (Å²) in [4.78, 5) is 26.2. The van der Waals surface area contributed by atoms with Crippen molar-refractivity contribution in [3.8, 4) is 6.07 Å². The summed E-state index contributed by atoms with van der Waals surface area (Å²) in [5.41, 5.74) is 4.32. The van der Waals surface area contributed by atoms with Crippen LogP contribution in [0.4, 0.5) is 5.69 Å².